The normalized spacial score (nSPS) is 15.3. The maximum Gasteiger partial charge on any atom is 0.310 e. The fraction of sp³-hybridized carbons (Fsp3) is 0.889. The molecular formula is C9H19NO2. The van der Waals surface area contributed by atoms with Gasteiger partial charge in [0, 0.05) is 6.04 Å². The summed E-state index contributed by atoms with van der Waals surface area (Å²) in [5, 5.41) is 3.09. The van der Waals surface area contributed by atoms with E-state index >= 15 is 0 Å². The largest absolute Gasteiger partial charge is 0.466 e. The van der Waals surface area contributed by atoms with E-state index in [9.17, 15) is 4.79 Å². The topological polar surface area (TPSA) is 38.3 Å². The van der Waals surface area contributed by atoms with Crippen LogP contribution in [0.1, 0.15) is 27.2 Å². The number of hydrogen-bond acceptors (Lipinski definition) is 3. The van der Waals surface area contributed by atoms with Crippen molar-refractivity contribution in [1.29, 1.82) is 0 Å². The van der Waals surface area contributed by atoms with E-state index < -0.39 is 0 Å². The number of hydrogen-bond donors (Lipinski definition) is 1. The third kappa shape index (κ3) is 3.22. The van der Waals surface area contributed by atoms with Crippen LogP contribution in [0.15, 0.2) is 0 Å². The van der Waals surface area contributed by atoms with Crippen LogP contribution in [0.3, 0.4) is 0 Å². The van der Waals surface area contributed by atoms with Crippen LogP contribution in [-0.2, 0) is 9.53 Å². The van der Waals surface area contributed by atoms with Crippen molar-refractivity contribution in [2.45, 2.75) is 33.2 Å². The molecule has 0 aromatic rings. The predicted molar refractivity (Wildman–Crippen MR) is 48.9 cm³/mol. The van der Waals surface area contributed by atoms with Gasteiger partial charge in [0.05, 0.1) is 12.5 Å². The average Bonchev–Trinajstić information content (AvgIpc) is 2.07. The van der Waals surface area contributed by atoms with Crippen LogP contribution < -0.4 is 5.32 Å². The number of rotatable bonds is 5. The lowest BCUT2D eigenvalue weighted by Crippen LogP contribution is -2.36. The maximum atomic E-state index is 11.2. The molecule has 0 radical (unpaired) electrons. The third-order valence-corrected chi connectivity index (χ3v) is 2.07. The van der Waals surface area contributed by atoms with E-state index in [1.807, 2.05) is 20.9 Å². The van der Waals surface area contributed by atoms with E-state index in [0.29, 0.717) is 6.61 Å². The monoisotopic (exact) mass is 173 g/mol. The van der Waals surface area contributed by atoms with Crippen LogP contribution in [0.4, 0.5) is 0 Å². The van der Waals surface area contributed by atoms with Crippen LogP contribution in [0.25, 0.3) is 0 Å². The molecule has 0 unspecified atom stereocenters. The van der Waals surface area contributed by atoms with Gasteiger partial charge in [0.1, 0.15) is 0 Å². The summed E-state index contributed by atoms with van der Waals surface area (Å²) in [5.74, 6) is -0.168. The Morgan fingerprint density at radius 1 is 1.50 bits per heavy atom. The first-order valence-electron chi connectivity index (χ1n) is 4.51. The second kappa shape index (κ2) is 6.00. The second-order valence-electron chi connectivity index (χ2n) is 2.84. The predicted octanol–water partition coefficient (Wildman–Crippen LogP) is 1.18. The minimum atomic E-state index is -0.112. The van der Waals surface area contributed by atoms with Crippen LogP contribution in [0, 0.1) is 5.92 Å². The Morgan fingerprint density at radius 2 is 2.08 bits per heavy atom. The van der Waals surface area contributed by atoms with E-state index in [2.05, 4.69) is 12.2 Å². The highest BCUT2D eigenvalue weighted by Crippen LogP contribution is 2.08. The number of carbonyl (C=O) groups is 1. The van der Waals surface area contributed by atoms with Gasteiger partial charge in [0.25, 0.3) is 0 Å². The molecule has 3 nitrogen and oxygen atoms in total. The molecule has 0 spiro atoms. The molecule has 72 valence electrons. The second-order valence-corrected chi connectivity index (χ2v) is 2.84. The zero-order chi connectivity index (χ0) is 9.56. The summed E-state index contributed by atoms with van der Waals surface area (Å²) in [6, 6.07) is 0.226. The van der Waals surface area contributed by atoms with Crippen molar-refractivity contribution in [3.63, 3.8) is 0 Å². The van der Waals surface area contributed by atoms with Crippen molar-refractivity contribution in [2.75, 3.05) is 13.7 Å². The Hall–Kier alpha value is -0.570. The van der Waals surface area contributed by atoms with Gasteiger partial charge in [-0.3, -0.25) is 4.79 Å². The molecule has 0 aliphatic rings. The summed E-state index contributed by atoms with van der Waals surface area (Å²) >= 11 is 0. The molecule has 12 heavy (non-hydrogen) atoms. The summed E-state index contributed by atoms with van der Waals surface area (Å²) in [6.07, 6.45) is 0.941. The highest BCUT2D eigenvalue weighted by atomic mass is 16.5. The number of esters is 1. The van der Waals surface area contributed by atoms with Crippen molar-refractivity contribution in [2.24, 2.45) is 5.92 Å². The zero-order valence-electron chi connectivity index (χ0n) is 8.39. The average molecular weight is 173 g/mol. The Labute approximate surface area is 74.5 Å². The molecule has 0 bridgehead atoms. The van der Waals surface area contributed by atoms with E-state index in [1.165, 1.54) is 0 Å². The van der Waals surface area contributed by atoms with Crippen molar-refractivity contribution >= 4 is 5.97 Å². The van der Waals surface area contributed by atoms with E-state index in [1.54, 1.807) is 0 Å². The molecule has 0 aromatic heterocycles. The zero-order valence-corrected chi connectivity index (χ0v) is 8.39. The summed E-state index contributed by atoms with van der Waals surface area (Å²) in [5.41, 5.74) is 0. The van der Waals surface area contributed by atoms with Gasteiger partial charge in [-0.25, -0.2) is 0 Å². The molecule has 0 aliphatic heterocycles. The number of ether oxygens (including phenoxy) is 1. The summed E-state index contributed by atoms with van der Waals surface area (Å²) in [4.78, 5) is 11.2. The molecular weight excluding hydrogens is 154 g/mol. The Bertz CT molecular complexity index is 132. The summed E-state index contributed by atoms with van der Waals surface area (Å²) in [7, 11) is 1.86. The quantitative estimate of drug-likeness (QED) is 0.634. The minimum Gasteiger partial charge on any atom is -0.466 e. The molecule has 0 saturated heterocycles. The molecule has 1 N–H and O–H groups in total. The Balaban J connectivity index is 3.96. The Kier molecular flexibility index (Phi) is 5.72. The van der Waals surface area contributed by atoms with E-state index in [0.717, 1.165) is 6.42 Å². The molecule has 0 heterocycles. The fourth-order valence-electron chi connectivity index (χ4n) is 1.25. The van der Waals surface area contributed by atoms with Crippen molar-refractivity contribution in [1.82, 2.24) is 5.32 Å². The first kappa shape index (κ1) is 11.4. The number of nitrogens with one attached hydrogen (secondary N) is 1. The standard InChI is InChI=1S/C9H19NO2/c1-5-8(10-4)7(3)9(11)12-6-2/h7-8,10H,5-6H2,1-4H3/t7-,8+/m0/s1. The molecule has 0 aliphatic carbocycles. The van der Waals surface area contributed by atoms with Gasteiger partial charge in [-0.1, -0.05) is 13.8 Å². The van der Waals surface area contributed by atoms with E-state index in [4.69, 9.17) is 4.74 Å². The van der Waals surface area contributed by atoms with Gasteiger partial charge in [-0.15, -0.1) is 0 Å². The first-order chi connectivity index (χ1) is 5.67. The molecule has 0 saturated carbocycles. The SMILES string of the molecule is CCOC(=O)[C@@H](C)[C@@H](CC)NC. The summed E-state index contributed by atoms with van der Waals surface area (Å²) in [6.45, 7) is 6.23. The molecule has 0 aromatic carbocycles. The molecule has 2 atom stereocenters. The Morgan fingerprint density at radius 3 is 2.42 bits per heavy atom. The van der Waals surface area contributed by atoms with Gasteiger partial charge in [0.15, 0.2) is 0 Å². The minimum absolute atomic E-state index is 0.0556. The van der Waals surface area contributed by atoms with Crippen LogP contribution in [-0.4, -0.2) is 25.7 Å². The van der Waals surface area contributed by atoms with Crippen LogP contribution in [0.5, 0.6) is 0 Å². The van der Waals surface area contributed by atoms with Crippen molar-refractivity contribution < 1.29 is 9.53 Å². The first-order valence-corrected chi connectivity index (χ1v) is 4.51. The molecule has 3 heteroatoms. The van der Waals surface area contributed by atoms with Crippen LogP contribution in [0.2, 0.25) is 0 Å². The lowest BCUT2D eigenvalue weighted by atomic mass is 10.0. The van der Waals surface area contributed by atoms with Gasteiger partial charge >= 0.3 is 5.97 Å². The van der Waals surface area contributed by atoms with Gasteiger partial charge in [-0.05, 0) is 20.4 Å². The fourth-order valence-corrected chi connectivity index (χ4v) is 1.25. The van der Waals surface area contributed by atoms with Crippen LogP contribution >= 0.6 is 0 Å². The lowest BCUT2D eigenvalue weighted by Gasteiger charge is -2.20. The van der Waals surface area contributed by atoms with Gasteiger partial charge in [-0.2, -0.15) is 0 Å². The smallest absolute Gasteiger partial charge is 0.310 e. The van der Waals surface area contributed by atoms with Gasteiger partial charge in [0.2, 0.25) is 0 Å². The van der Waals surface area contributed by atoms with Crippen molar-refractivity contribution in [3.8, 4) is 0 Å². The summed E-state index contributed by atoms with van der Waals surface area (Å²) < 4.78 is 4.91. The van der Waals surface area contributed by atoms with E-state index in [-0.39, 0.29) is 17.9 Å². The highest BCUT2D eigenvalue weighted by molar-refractivity contribution is 5.72. The van der Waals surface area contributed by atoms with Crippen molar-refractivity contribution in [3.05, 3.63) is 0 Å². The molecule has 0 rings (SSSR count). The molecule has 0 amide bonds. The van der Waals surface area contributed by atoms with Gasteiger partial charge < -0.3 is 10.1 Å². The maximum absolute atomic E-state index is 11.2. The number of carbonyl (C=O) groups excluding carboxylic acids is 1. The highest BCUT2D eigenvalue weighted by Gasteiger charge is 2.21. The molecule has 0 fully saturated rings. The third-order valence-electron chi connectivity index (χ3n) is 2.07. The lowest BCUT2D eigenvalue weighted by molar-refractivity contribution is -0.148.